The second-order valence-electron chi connectivity index (χ2n) is 1.78. The molecule has 1 aromatic heterocycles. The van der Waals surface area contributed by atoms with Crippen molar-refractivity contribution in [1.82, 2.24) is 9.97 Å². The number of ketones is 1. The van der Waals surface area contributed by atoms with Crippen LogP contribution in [0.3, 0.4) is 0 Å². The molecule has 10 heavy (non-hydrogen) atoms. The van der Waals surface area contributed by atoms with Crippen LogP contribution < -0.4 is 0 Å². The molecule has 0 fully saturated rings. The zero-order chi connectivity index (χ0) is 7.56. The van der Waals surface area contributed by atoms with Crippen LogP contribution in [0.2, 0.25) is 5.15 Å². The second kappa shape index (κ2) is 2.75. The van der Waals surface area contributed by atoms with Gasteiger partial charge in [0.15, 0.2) is 5.78 Å². The van der Waals surface area contributed by atoms with Crippen LogP contribution in [0, 0.1) is 0 Å². The average Bonchev–Trinajstić information content (AvgIpc) is 1.88. The fourth-order valence-corrected chi connectivity index (χ4v) is 0.659. The fraction of sp³-hybridized carbons (Fsp3) is 0.167. The monoisotopic (exact) mass is 156 g/mol. The summed E-state index contributed by atoms with van der Waals surface area (Å²) in [6.07, 6.45) is 2.77. The van der Waals surface area contributed by atoms with Gasteiger partial charge in [-0.25, -0.2) is 4.98 Å². The minimum Gasteiger partial charge on any atom is -0.293 e. The highest BCUT2D eigenvalue weighted by Crippen LogP contribution is 2.02. The Morgan fingerprint density at radius 2 is 2.30 bits per heavy atom. The first-order chi connectivity index (χ1) is 4.70. The fourth-order valence-electron chi connectivity index (χ4n) is 0.512. The van der Waals surface area contributed by atoms with E-state index in [0.717, 1.165) is 0 Å². The van der Waals surface area contributed by atoms with Gasteiger partial charge in [0.2, 0.25) is 0 Å². The molecule has 52 valence electrons. The lowest BCUT2D eigenvalue weighted by Crippen LogP contribution is -1.96. The van der Waals surface area contributed by atoms with Gasteiger partial charge in [0, 0.05) is 6.92 Å². The highest BCUT2D eigenvalue weighted by molar-refractivity contribution is 6.29. The second-order valence-corrected chi connectivity index (χ2v) is 2.17. The van der Waals surface area contributed by atoms with Crippen LogP contribution in [0.4, 0.5) is 0 Å². The predicted octanol–water partition coefficient (Wildman–Crippen LogP) is 1.33. The van der Waals surface area contributed by atoms with Crippen molar-refractivity contribution < 1.29 is 4.79 Å². The number of carbonyl (C=O) groups excluding carboxylic acids is 1. The van der Waals surface area contributed by atoms with Crippen molar-refractivity contribution in [3.63, 3.8) is 0 Å². The molecule has 1 heterocycles. The highest BCUT2D eigenvalue weighted by Gasteiger charge is 2.00. The Balaban J connectivity index is 3.07. The molecule has 0 radical (unpaired) electrons. The Hall–Kier alpha value is -0.960. The van der Waals surface area contributed by atoms with E-state index in [0.29, 0.717) is 5.69 Å². The van der Waals surface area contributed by atoms with E-state index in [2.05, 4.69) is 9.97 Å². The van der Waals surface area contributed by atoms with Gasteiger partial charge in [-0.3, -0.25) is 9.78 Å². The summed E-state index contributed by atoms with van der Waals surface area (Å²) in [7, 11) is 0. The lowest BCUT2D eigenvalue weighted by molar-refractivity contribution is 0.101. The van der Waals surface area contributed by atoms with Crippen LogP contribution in [0.25, 0.3) is 0 Å². The van der Waals surface area contributed by atoms with Crippen molar-refractivity contribution in [3.05, 3.63) is 23.2 Å². The summed E-state index contributed by atoms with van der Waals surface area (Å²) < 4.78 is 0. The molecular weight excluding hydrogens is 152 g/mol. The standard InChI is InChI=1S/C6H5ClN2O/c1-4(10)5-2-8-3-6(7)9-5/h2-3H,1H3. The lowest BCUT2D eigenvalue weighted by atomic mass is 10.3. The molecule has 0 saturated heterocycles. The first kappa shape index (κ1) is 7.15. The first-order valence-corrected chi connectivity index (χ1v) is 3.06. The summed E-state index contributed by atoms with van der Waals surface area (Å²) >= 11 is 5.46. The van der Waals surface area contributed by atoms with Gasteiger partial charge in [0.25, 0.3) is 0 Å². The number of Topliss-reactive ketones (excluding diaryl/α,β-unsaturated/α-hetero) is 1. The Morgan fingerprint density at radius 3 is 2.70 bits per heavy atom. The summed E-state index contributed by atoms with van der Waals surface area (Å²) in [5, 5.41) is 0.243. The number of aromatic nitrogens is 2. The summed E-state index contributed by atoms with van der Waals surface area (Å²) in [6, 6.07) is 0. The third kappa shape index (κ3) is 1.51. The number of carbonyl (C=O) groups is 1. The maximum atomic E-state index is 10.6. The highest BCUT2D eigenvalue weighted by atomic mass is 35.5. The van der Waals surface area contributed by atoms with Gasteiger partial charge >= 0.3 is 0 Å². The molecular formula is C6H5ClN2O. The quantitative estimate of drug-likeness (QED) is 0.577. The minimum atomic E-state index is -0.130. The van der Waals surface area contributed by atoms with Crippen LogP contribution >= 0.6 is 11.6 Å². The number of halogens is 1. The summed E-state index contributed by atoms with van der Waals surface area (Å²) in [5.74, 6) is -0.130. The largest absolute Gasteiger partial charge is 0.293 e. The zero-order valence-electron chi connectivity index (χ0n) is 5.34. The van der Waals surface area contributed by atoms with Crippen LogP contribution in [0.1, 0.15) is 17.4 Å². The number of nitrogens with zero attached hydrogens (tertiary/aromatic N) is 2. The molecule has 0 saturated carbocycles. The lowest BCUT2D eigenvalue weighted by Gasteiger charge is -1.91. The number of hydrogen-bond donors (Lipinski definition) is 0. The maximum Gasteiger partial charge on any atom is 0.179 e. The summed E-state index contributed by atoms with van der Waals surface area (Å²) in [5.41, 5.74) is 0.299. The molecule has 1 aromatic rings. The topological polar surface area (TPSA) is 42.9 Å². The van der Waals surface area contributed by atoms with Gasteiger partial charge in [0.1, 0.15) is 10.8 Å². The predicted molar refractivity (Wildman–Crippen MR) is 37.0 cm³/mol. The van der Waals surface area contributed by atoms with Crippen molar-refractivity contribution in [2.24, 2.45) is 0 Å². The number of hydrogen-bond acceptors (Lipinski definition) is 3. The van der Waals surface area contributed by atoms with Gasteiger partial charge in [0.05, 0.1) is 12.4 Å². The molecule has 0 spiro atoms. The van der Waals surface area contributed by atoms with Crippen LogP contribution in [-0.4, -0.2) is 15.8 Å². The Labute approximate surface area is 63.1 Å². The van der Waals surface area contributed by atoms with Crippen molar-refractivity contribution in [3.8, 4) is 0 Å². The smallest absolute Gasteiger partial charge is 0.179 e. The molecule has 0 aromatic carbocycles. The Bertz CT molecular complexity index is 262. The Morgan fingerprint density at radius 1 is 1.60 bits per heavy atom. The van der Waals surface area contributed by atoms with Crippen molar-refractivity contribution in [2.45, 2.75) is 6.92 Å². The molecule has 1 rings (SSSR count). The summed E-state index contributed by atoms with van der Waals surface area (Å²) in [4.78, 5) is 18.1. The van der Waals surface area contributed by atoms with E-state index in [1.165, 1.54) is 19.3 Å². The number of rotatable bonds is 1. The van der Waals surface area contributed by atoms with Crippen molar-refractivity contribution in [1.29, 1.82) is 0 Å². The third-order valence-corrected chi connectivity index (χ3v) is 1.15. The van der Waals surface area contributed by atoms with E-state index in [1.54, 1.807) is 0 Å². The normalized spacial score (nSPS) is 9.40. The van der Waals surface area contributed by atoms with Gasteiger partial charge in [-0.2, -0.15) is 0 Å². The average molecular weight is 157 g/mol. The van der Waals surface area contributed by atoms with Crippen LogP contribution in [-0.2, 0) is 0 Å². The van der Waals surface area contributed by atoms with Gasteiger partial charge in [-0.1, -0.05) is 11.6 Å². The van der Waals surface area contributed by atoms with E-state index in [-0.39, 0.29) is 10.9 Å². The molecule has 0 aliphatic heterocycles. The molecule has 0 bridgehead atoms. The van der Waals surface area contributed by atoms with E-state index in [4.69, 9.17) is 11.6 Å². The van der Waals surface area contributed by atoms with E-state index in [1.807, 2.05) is 0 Å². The van der Waals surface area contributed by atoms with Crippen molar-refractivity contribution in [2.75, 3.05) is 0 Å². The van der Waals surface area contributed by atoms with Gasteiger partial charge in [-0.05, 0) is 0 Å². The zero-order valence-corrected chi connectivity index (χ0v) is 6.09. The summed E-state index contributed by atoms with van der Waals surface area (Å²) in [6.45, 7) is 1.42. The molecule has 3 nitrogen and oxygen atoms in total. The molecule has 0 unspecified atom stereocenters. The SMILES string of the molecule is CC(=O)c1cncc(Cl)n1. The molecule has 0 atom stereocenters. The molecule has 0 aliphatic rings. The van der Waals surface area contributed by atoms with Gasteiger partial charge < -0.3 is 0 Å². The molecule has 0 N–H and O–H groups in total. The van der Waals surface area contributed by atoms with E-state index >= 15 is 0 Å². The van der Waals surface area contributed by atoms with E-state index < -0.39 is 0 Å². The van der Waals surface area contributed by atoms with Crippen LogP contribution in [0.5, 0.6) is 0 Å². The third-order valence-electron chi connectivity index (χ3n) is 0.966. The minimum absolute atomic E-state index is 0.130. The van der Waals surface area contributed by atoms with Crippen molar-refractivity contribution >= 4 is 17.4 Å². The molecule has 0 amide bonds. The maximum absolute atomic E-state index is 10.6. The van der Waals surface area contributed by atoms with E-state index in [9.17, 15) is 4.79 Å². The first-order valence-electron chi connectivity index (χ1n) is 2.68. The molecule has 0 aliphatic carbocycles. The van der Waals surface area contributed by atoms with Crippen LogP contribution in [0.15, 0.2) is 12.4 Å². The Kier molecular flexibility index (Phi) is 1.97. The van der Waals surface area contributed by atoms with Gasteiger partial charge in [-0.15, -0.1) is 0 Å². The molecule has 4 heteroatoms.